The van der Waals surface area contributed by atoms with Gasteiger partial charge in [0.15, 0.2) is 0 Å². The van der Waals surface area contributed by atoms with Gasteiger partial charge >= 0.3 is 6.03 Å². The second-order valence-electron chi connectivity index (χ2n) is 8.78. The second kappa shape index (κ2) is 8.17. The lowest BCUT2D eigenvalue weighted by Gasteiger charge is -2.41. The van der Waals surface area contributed by atoms with Crippen LogP contribution in [-0.4, -0.2) is 84.2 Å². The summed E-state index contributed by atoms with van der Waals surface area (Å²) >= 11 is 0. The maximum absolute atomic E-state index is 12.8. The molecule has 1 aromatic carbocycles. The number of piperidine rings is 1. The quantitative estimate of drug-likeness (QED) is 0.842. The molecule has 150 valence electrons. The summed E-state index contributed by atoms with van der Waals surface area (Å²) in [5, 5.41) is 14.1. The molecule has 2 fully saturated rings. The predicted molar refractivity (Wildman–Crippen MR) is 108 cm³/mol. The molecule has 6 heteroatoms. The molecule has 2 amide bonds. The molecular formula is C21H34N4O2. The van der Waals surface area contributed by atoms with Gasteiger partial charge in [-0.3, -0.25) is 4.90 Å². The summed E-state index contributed by atoms with van der Waals surface area (Å²) in [6.45, 7) is 10.4. The minimum atomic E-state index is -0.826. The van der Waals surface area contributed by atoms with Crippen molar-refractivity contribution in [3.63, 3.8) is 0 Å². The molecule has 0 atom stereocenters. The number of carbonyl (C=O) groups excluding carboxylic acids is 1. The van der Waals surface area contributed by atoms with E-state index in [4.69, 9.17) is 0 Å². The third-order valence-electron chi connectivity index (χ3n) is 5.85. The van der Waals surface area contributed by atoms with Crippen LogP contribution in [0.3, 0.4) is 0 Å². The largest absolute Gasteiger partial charge is 0.385 e. The Balaban J connectivity index is 1.50. The van der Waals surface area contributed by atoms with Crippen LogP contribution in [0.2, 0.25) is 0 Å². The smallest absolute Gasteiger partial charge is 0.317 e. The third-order valence-corrected chi connectivity index (χ3v) is 5.85. The predicted octanol–water partition coefficient (Wildman–Crippen LogP) is 1.71. The lowest BCUT2D eigenvalue weighted by molar-refractivity contribution is -0.0174. The van der Waals surface area contributed by atoms with E-state index in [1.54, 1.807) is 0 Å². The minimum absolute atomic E-state index is 0.0239. The number of aliphatic hydroxyl groups is 1. The molecule has 0 aliphatic carbocycles. The van der Waals surface area contributed by atoms with Crippen LogP contribution in [0.1, 0.15) is 32.3 Å². The van der Waals surface area contributed by atoms with Gasteiger partial charge in [-0.05, 0) is 39.3 Å². The summed E-state index contributed by atoms with van der Waals surface area (Å²) in [7, 11) is 2.15. The molecule has 2 aliphatic rings. The summed E-state index contributed by atoms with van der Waals surface area (Å²) < 4.78 is 0. The number of urea groups is 1. The average Bonchev–Trinajstić information content (AvgIpc) is 2.64. The first-order chi connectivity index (χ1) is 12.8. The number of likely N-dealkylation sites (tertiary alicyclic amines) is 1. The Morgan fingerprint density at radius 2 is 1.67 bits per heavy atom. The van der Waals surface area contributed by atoms with Crippen molar-refractivity contribution in [3.05, 3.63) is 35.9 Å². The fourth-order valence-corrected chi connectivity index (χ4v) is 4.09. The molecule has 0 aromatic heterocycles. The maximum Gasteiger partial charge on any atom is 0.317 e. The number of benzene rings is 1. The van der Waals surface area contributed by atoms with Crippen molar-refractivity contribution >= 4 is 6.03 Å². The molecule has 2 N–H and O–H groups in total. The van der Waals surface area contributed by atoms with Crippen LogP contribution >= 0.6 is 0 Å². The maximum atomic E-state index is 12.8. The summed E-state index contributed by atoms with van der Waals surface area (Å²) in [6.07, 6.45) is 1.15. The Hall–Kier alpha value is -1.63. The van der Waals surface area contributed by atoms with Crippen LogP contribution < -0.4 is 5.32 Å². The number of carbonyl (C=O) groups is 1. The van der Waals surface area contributed by atoms with Gasteiger partial charge in [0.05, 0.1) is 5.60 Å². The minimum Gasteiger partial charge on any atom is -0.385 e. The van der Waals surface area contributed by atoms with Gasteiger partial charge in [-0.15, -0.1) is 0 Å². The van der Waals surface area contributed by atoms with Crippen molar-refractivity contribution in [2.45, 2.75) is 37.8 Å². The normalized spacial score (nSPS) is 21.9. The van der Waals surface area contributed by atoms with Gasteiger partial charge in [0, 0.05) is 51.4 Å². The van der Waals surface area contributed by atoms with E-state index >= 15 is 0 Å². The third kappa shape index (κ3) is 5.21. The SMILES string of the molecule is CN1CCN(CC(C)(C)NC(=O)N2CCC(O)(c3ccccc3)CC2)CC1. The molecule has 0 spiro atoms. The number of piperazine rings is 1. The fourth-order valence-electron chi connectivity index (χ4n) is 4.09. The van der Waals surface area contributed by atoms with Crippen LogP contribution in [-0.2, 0) is 5.60 Å². The van der Waals surface area contributed by atoms with Crippen LogP contribution in [0.5, 0.6) is 0 Å². The monoisotopic (exact) mass is 374 g/mol. The molecule has 2 aliphatic heterocycles. The lowest BCUT2D eigenvalue weighted by Crippen LogP contribution is -2.58. The highest BCUT2D eigenvalue weighted by atomic mass is 16.3. The van der Waals surface area contributed by atoms with Crippen molar-refractivity contribution in [1.82, 2.24) is 20.0 Å². The van der Waals surface area contributed by atoms with Crippen molar-refractivity contribution in [1.29, 1.82) is 0 Å². The van der Waals surface area contributed by atoms with Crippen LogP contribution in [0, 0.1) is 0 Å². The van der Waals surface area contributed by atoms with E-state index in [2.05, 4.69) is 36.0 Å². The van der Waals surface area contributed by atoms with Gasteiger partial charge in [-0.2, -0.15) is 0 Å². The van der Waals surface area contributed by atoms with E-state index in [-0.39, 0.29) is 11.6 Å². The number of hydrogen-bond donors (Lipinski definition) is 2. The number of rotatable bonds is 4. The van der Waals surface area contributed by atoms with Gasteiger partial charge in [0.1, 0.15) is 0 Å². The Bertz CT molecular complexity index is 618. The standard InChI is InChI=1S/C21H34N4O2/c1-20(2,17-24-15-13-23(3)14-16-24)22-19(26)25-11-9-21(27,10-12-25)18-7-5-4-6-8-18/h4-8,27H,9-17H2,1-3H3,(H,22,26). The van der Waals surface area contributed by atoms with Gasteiger partial charge in [0.25, 0.3) is 0 Å². The molecule has 0 radical (unpaired) electrons. The first kappa shape index (κ1) is 20.1. The number of nitrogens with one attached hydrogen (secondary N) is 1. The summed E-state index contributed by atoms with van der Waals surface area (Å²) in [5.74, 6) is 0. The zero-order valence-electron chi connectivity index (χ0n) is 16.9. The van der Waals surface area contributed by atoms with Crippen LogP contribution in [0.15, 0.2) is 30.3 Å². The van der Waals surface area contributed by atoms with Crippen LogP contribution in [0.25, 0.3) is 0 Å². The summed E-state index contributed by atoms with van der Waals surface area (Å²) in [5.41, 5.74) is -0.159. The van der Waals surface area contributed by atoms with Crippen molar-refractivity contribution in [3.8, 4) is 0 Å². The molecule has 0 unspecified atom stereocenters. The molecule has 1 aromatic rings. The van der Waals surface area contributed by atoms with E-state index in [9.17, 15) is 9.90 Å². The topological polar surface area (TPSA) is 59.0 Å². The highest BCUT2D eigenvalue weighted by molar-refractivity contribution is 5.75. The van der Waals surface area contributed by atoms with E-state index in [0.717, 1.165) is 38.3 Å². The second-order valence-corrected chi connectivity index (χ2v) is 8.78. The molecule has 0 bridgehead atoms. The lowest BCUT2D eigenvalue weighted by atomic mass is 9.84. The van der Waals surface area contributed by atoms with Crippen LogP contribution in [0.4, 0.5) is 4.79 Å². The van der Waals surface area contributed by atoms with E-state index < -0.39 is 5.60 Å². The Morgan fingerprint density at radius 3 is 2.26 bits per heavy atom. The molecule has 2 heterocycles. The zero-order valence-corrected chi connectivity index (χ0v) is 16.9. The Kier molecular flexibility index (Phi) is 6.08. The van der Waals surface area contributed by atoms with Gasteiger partial charge in [0.2, 0.25) is 0 Å². The highest BCUT2D eigenvalue weighted by Crippen LogP contribution is 2.32. The first-order valence-electron chi connectivity index (χ1n) is 10.0. The fraction of sp³-hybridized carbons (Fsp3) is 0.667. The van der Waals surface area contributed by atoms with E-state index in [1.165, 1.54) is 0 Å². The average molecular weight is 375 g/mol. The molecule has 27 heavy (non-hydrogen) atoms. The summed E-state index contributed by atoms with van der Waals surface area (Å²) in [6, 6.07) is 9.77. The highest BCUT2D eigenvalue weighted by Gasteiger charge is 2.36. The summed E-state index contributed by atoms with van der Waals surface area (Å²) in [4.78, 5) is 19.4. The number of amides is 2. The molecule has 6 nitrogen and oxygen atoms in total. The molecule has 3 rings (SSSR count). The van der Waals surface area contributed by atoms with Gasteiger partial charge < -0.3 is 20.2 Å². The number of likely N-dealkylation sites (N-methyl/N-ethyl adjacent to an activating group) is 1. The van der Waals surface area contributed by atoms with Crippen molar-refractivity contribution in [2.75, 3.05) is 52.9 Å². The van der Waals surface area contributed by atoms with E-state index in [0.29, 0.717) is 25.9 Å². The van der Waals surface area contributed by atoms with Gasteiger partial charge in [-0.25, -0.2) is 4.79 Å². The Morgan fingerprint density at radius 1 is 1.07 bits per heavy atom. The van der Waals surface area contributed by atoms with Gasteiger partial charge in [-0.1, -0.05) is 30.3 Å². The zero-order chi connectivity index (χ0) is 19.5. The van der Waals surface area contributed by atoms with E-state index in [1.807, 2.05) is 35.2 Å². The number of hydrogen-bond acceptors (Lipinski definition) is 4. The molecular weight excluding hydrogens is 340 g/mol. The molecule has 2 saturated heterocycles. The Labute approximate surface area is 163 Å². The van der Waals surface area contributed by atoms with Crippen molar-refractivity contribution < 1.29 is 9.90 Å². The first-order valence-corrected chi connectivity index (χ1v) is 10.0. The number of nitrogens with zero attached hydrogens (tertiary/aromatic N) is 3. The van der Waals surface area contributed by atoms with Crippen molar-refractivity contribution in [2.24, 2.45) is 0 Å². The molecule has 0 saturated carbocycles.